The van der Waals surface area contributed by atoms with E-state index in [1.807, 2.05) is 30.3 Å². The highest BCUT2D eigenvalue weighted by Crippen LogP contribution is 2.17. The lowest BCUT2D eigenvalue weighted by Crippen LogP contribution is -2.20. The van der Waals surface area contributed by atoms with Crippen LogP contribution in [0, 0.1) is 0 Å². The standard InChI is InChI=1S/C15H16N2O2/c16-14(11-5-2-1-3-6-11)10-15(19)17-12-7-4-8-13(18)9-12/h1-9,14,18H,10,16H2,(H,17,19). The number of phenols is 1. The number of aromatic hydroxyl groups is 1. The highest BCUT2D eigenvalue weighted by Gasteiger charge is 2.11. The van der Waals surface area contributed by atoms with Crippen LogP contribution in [0.1, 0.15) is 18.0 Å². The quantitative estimate of drug-likeness (QED) is 0.786. The molecule has 0 aliphatic rings. The van der Waals surface area contributed by atoms with Gasteiger partial charge in [-0.3, -0.25) is 4.79 Å². The summed E-state index contributed by atoms with van der Waals surface area (Å²) in [6.45, 7) is 0. The Hall–Kier alpha value is -2.33. The van der Waals surface area contributed by atoms with Crippen molar-refractivity contribution in [3.05, 3.63) is 60.2 Å². The van der Waals surface area contributed by atoms with E-state index in [2.05, 4.69) is 5.32 Å². The van der Waals surface area contributed by atoms with Gasteiger partial charge in [0.05, 0.1) is 0 Å². The molecule has 0 spiro atoms. The number of nitrogens with one attached hydrogen (secondary N) is 1. The van der Waals surface area contributed by atoms with Crippen LogP contribution < -0.4 is 11.1 Å². The van der Waals surface area contributed by atoms with Crippen LogP contribution in [0.2, 0.25) is 0 Å². The van der Waals surface area contributed by atoms with Crippen molar-refractivity contribution in [1.29, 1.82) is 0 Å². The first-order chi connectivity index (χ1) is 9.15. The molecule has 1 unspecified atom stereocenters. The van der Waals surface area contributed by atoms with Crippen LogP contribution in [0.3, 0.4) is 0 Å². The molecule has 1 amide bonds. The smallest absolute Gasteiger partial charge is 0.226 e. The molecule has 0 aliphatic carbocycles. The van der Waals surface area contributed by atoms with Crippen molar-refractivity contribution < 1.29 is 9.90 Å². The number of hydrogen-bond acceptors (Lipinski definition) is 3. The highest BCUT2D eigenvalue weighted by molar-refractivity contribution is 5.91. The first kappa shape index (κ1) is 13.1. The Bertz CT molecular complexity index is 555. The Morgan fingerprint density at radius 3 is 2.58 bits per heavy atom. The van der Waals surface area contributed by atoms with Gasteiger partial charge in [-0.1, -0.05) is 36.4 Å². The molecule has 0 heterocycles. The number of carbonyl (C=O) groups is 1. The minimum atomic E-state index is -0.335. The van der Waals surface area contributed by atoms with Crippen molar-refractivity contribution in [2.45, 2.75) is 12.5 Å². The lowest BCUT2D eigenvalue weighted by atomic mass is 10.0. The second-order valence-corrected chi connectivity index (χ2v) is 4.32. The zero-order valence-electron chi connectivity index (χ0n) is 10.4. The number of phenolic OH excluding ortho intramolecular Hbond substituents is 1. The van der Waals surface area contributed by atoms with Gasteiger partial charge in [0.1, 0.15) is 5.75 Å². The summed E-state index contributed by atoms with van der Waals surface area (Å²) in [5, 5.41) is 12.0. The first-order valence-electron chi connectivity index (χ1n) is 6.04. The molecule has 98 valence electrons. The van der Waals surface area contributed by atoms with Gasteiger partial charge in [0.15, 0.2) is 0 Å². The van der Waals surface area contributed by atoms with Crippen molar-refractivity contribution >= 4 is 11.6 Å². The van der Waals surface area contributed by atoms with E-state index in [9.17, 15) is 9.90 Å². The summed E-state index contributed by atoms with van der Waals surface area (Å²) in [6, 6.07) is 15.6. The maximum Gasteiger partial charge on any atom is 0.226 e. The average Bonchev–Trinajstić information content (AvgIpc) is 2.39. The topological polar surface area (TPSA) is 75.4 Å². The van der Waals surface area contributed by atoms with Crippen LogP contribution in [-0.2, 0) is 4.79 Å². The summed E-state index contributed by atoms with van der Waals surface area (Å²) in [5.74, 6) is -0.0629. The summed E-state index contributed by atoms with van der Waals surface area (Å²) in [5.41, 5.74) is 7.45. The second kappa shape index (κ2) is 6.02. The van der Waals surface area contributed by atoms with Gasteiger partial charge in [0.2, 0.25) is 5.91 Å². The molecular weight excluding hydrogens is 240 g/mol. The predicted octanol–water partition coefficient (Wildman–Crippen LogP) is 2.42. The van der Waals surface area contributed by atoms with Gasteiger partial charge in [-0.2, -0.15) is 0 Å². The van der Waals surface area contributed by atoms with Gasteiger partial charge in [-0.25, -0.2) is 0 Å². The lowest BCUT2D eigenvalue weighted by Gasteiger charge is -2.12. The highest BCUT2D eigenvalue weighted by atomic mass is 16.3. The fourth-order valence-electron chi connectivity index (χ4n) is 1.81. The molecule has 4 heteroatoms. The van der Waals surface area contributed by atoms with Gasteiger partial charge in [-0.05, 0) is 17.7 Å². The van der Waals surface area contributed by atoms with Crippen LogP contribution in [-0.4, -0.2) is 11.0 Å². The van der Waals surface area contributed by atoms with Crippen molar-refractivity contribution in [3.63, 3.8) is 0 Å². The summed E-state index contributed by atoms with van der Waals surface area (Å²) >= 11 is 0. The van der Waals surface area contributed by atoms with Gasteiger partial charge in [0.25, 0.3) is 0 Å². The lowest BCUT2D eigenvalue weighted by molar-refractivity contribution is -0.116. The first-order valence-corrected chi connectivity index (χ1v) is 6.04. The van der Waals surface area contributed by atoms with E-state index in [1.54, 1.807) is 18.2 Å². The molecule has 2 aromatic rings. The Kier molecular flexibility index (Phi) is 4.15. The van der Waals surface area contributed by atoms with Crippen LogP contribution in [0.25, 0.3) is 0 Å². The minimum absolute atomic E-state index is 0.116. The van der Waals surface area contributed by atoms with E-state index in [1.165, 1.54) is 6.07 Å². The predicted molar refractivity (Wildman–Crippen MR) is 74.7 cm³/mol. The minimum Gasteiger partial charge on any atom is -0.508 e. The van der Waals surface area contributed by atoms with E-state index >= 15 is 0 Å². The van der Waals surface area contributed by atoms with Gasteiger partial charge in [-0.15, -0.1) is 0 Å². The van der Waals surface area contributed by atoms with Crippen molar-refractivity contribution in [2.24, 2.45) is 5.73 Å². The number of hydrogen-bond donors (Lipinski definition) is 3. The van der Waals surface area contributed by atoms with Crippen molar-refractivity contribution in [3.8, 4) is 5.75 Å². The van der Waals surface area contributed by atoms with Gasteiger partial charge in [0, 0.05) is 24.2 Å². The monoisotopic (exact) mass is 256 g/mol. The van der Waals surface area contributed by atoms with Crippen molar-refractivity contribution in [2.75, 3.05) is 5.32 Å². The number of nitrogens with two attached hydrogens (primary N) is 1. The molecule has 0 saturated carbocycles. The van der Waals surface area contributed by atoms with E-state index in [0.29, 0.717) is 5.69 Å². The third-order valence-corrected chi connectivity index (χ3v) is 2.76. The average molecular weight is 256 g/mol. The number of benzene rings is 2. The number of anilines is 1. The Balaban J connectivity index is 1.95. The largest absolute Gasteiger partial charge is 0.508 e. The SMILES string of the molecule is NC(CC(=O)Nc1cccc(O)c1)c1ccccc1. The second-order valence-electron chi connectivity index (χ2n) is 4.32. The molecule has 4 N–H and O–H groups in total. The molecule has 0 bridgehead atoms. The molecule has 0 aromatic heterocycles. The van der Waals surface area contributed by atoms with Crippen LogP contribution in [0.4, 0.5) is 5.69 Å². The molecule has 2 aromatic carbocycles. The Morgan fingerprint density at radius 1 is 1.16 bits per heavy atom. The fraction of sp³-hybridized carbons (Fsp3) is 0.133. The molecular formula is C15H16N2O2. The molecule has 0 radical (unpaired) electrons. The van der Waals surface area contributed by atoms with Gasteiger partial charge < -0.3 is 16.2 Å². The number of carbonyl (C=O) groups excluding carboxylic acids is 1. The van der Waals surface area contributed by atoms with E-state index < -0.39 is 0 Å². The molecule has 4 nitrogen and oxygen atoms in total. The molecule has 0 saturated heterocycles. The van der Waals surface area contributed by atoms with Crippen LogP contribution in [0.5, 0.6) is 5.75 Å². The zero-order valence-corrected chi connectivity index (χ0v) is 10.4. The van der Waals surface area contributed by atoms with Crippen molar-refractivity contribution in [1.82, 2.24) is 0 Å². The van der Waals surface area contributed by atoms with Gasteiger partial charge >= 0.3 is 0 Å². The maximum absolute atomic E-state index is 11.8. The van der Waals surface area contributed by atoms with Crippen LogP contribution in [0.15, 0.2) is 54.6 Å². The van der Waals surface area contributed by atoms with E-state index in [4.69, 9.17) is 5.73 Å². The summed E-state index contributed by atoms with van der Waals surface area (Å²) in [7, 11) is 0. The summed E-state index contributed by atoms with van der Waals surface area (Å²) < 4.78 is 0. The fourth-order valence-corrected chi connectivity index (χ4v) is 1.81. The molecule has 0 aliphatic heterocycles. The molecule has 19 heavy (non-hydrogen) atoms. The summed E-state index contributed by atoms with van der Waals surface area (Å²) in [4.78, 5) is 11.8. The molecule has 2 rings (SSSR count). The summed E-state index contributed by atoms with van der Waals surface area (Å²) in [6.07, 6.45) is 0.194. The van der Waals surface area contributed by atoms with E-state index in [-0.39, 0.29) is 24.1 Å². The normalized spacial score (nSPS) is 11.8. The third-order valence-electron chi connectivity index (χ3n) is 2.76. The maximum atomic E-state index is 11.8. The molecule has 1 atom stereocenters. The third kappa shape index (κ3) is 3.82. The Labute approximate surface area is 111 Å². The van der Waals surface area contributed by atoms with E-state index in [0.717, 1.165) is 5.56 Å². The zero-order chi connectivity index (χ0) is 13.7. The number of rotatable bonds is 4. The Morgan fingerprint density at radius 2 is 1.89 bits per heavy atom. The van der Waals surface area contributed by atoms with Crippen LogP contribution >= 0.6 is 0 Å². The molecule has 0 fully saturated rings. The number of amides is 1.